The molecule has 0 atom stereocenters. The zero-order valence-corrected chi connectivity index (χ0v) is 18.3. The van der Waals surface area contributed by atoms with Gasteiger partial charge in [-0.1, -0.05) is 32.9 Å². The Morgan fingerprint density at radius 3 is 2.27 bits per heavy atom. The Balaban J connectivity index is 1.56. The van der Waals surface area contributed by atoms with E-state index in [9.17, 15) is 0 Å². The summed E-state index contributed by atoms with van der Waals surface area (Å²) in [4.78, 5) is 0. The molecule has 0 unspecified atom stereocenters. The van der Waals surface area contributed by atoms with Crippen molar-refractivity contribution in [3.05, 3.63) is 35.4 Å². The lowest BCUT2D eigenvalue weighted by molar-refractivity contribution is 0.0675. The zero-order valence-electron chi connectivity index (χ0n) is 16.9. The van der Waals surface area contributed by atoms with Crippen LogP contribution in [0, 0.1) is 29.1 Å². The van der Waals surface area contributed by atoms with Gasteiger partial charge < -0.3 is 9.16 Å². The predicted molar refractivity (Wildman–Crippen MR) is 111 cm³/mol. The van der Waals surface area contributed by atoms with E-state index in [1.165, 1.54) is 43.7 Å². The van der Waals surface area contributed by atoms with Crippen LogP contribution in [0.3, 0.4) is 0 Å². The first-order chi connectivity index (χ1) is 12.4. The normalized spacial score (nSPS) is 30.2. The molecule has 4 aliphatic carbocycles. The minimum Gasteiger partial charge on any atom is -0.549 e. The highest BCUT2D eigenvalue weighted by molar-refractivity contribution is 6.28. The Morgan fingerprint density at radius 1 is 1.04 bits per heavy atom. The van der Waals surface area contributed by atoms with Gasteiger partial charge in [0.25, 0.3) is 0 Å². The Bertz CT molecular complexity index is 656. The van der Waals surface area contributed by atoms with Crippen LogP contribution in [0.15, 0.2) is 29.8 Å². The van der Waals surface area contributed by atoms with Gasteiger partial charge in [0.15, 0.2) is 0 Å². The quantitative estimate of drug-likeness (QED) is 0.508. The molecule has 142 valence electrons. The fourth-order valence-corrected chi connectivity index (χ4v) is 6.80. The monoisotopic (exact) mass is 370 g/mol. The van der Waals surface area contributed by atoms with Gasteiger partial charge in [-0.25, -0.2) is 0 Å². The molecular formula is C23H34O2Si. The molecule has 5 rings (SSSR count). The van der Waals surface area contributed by atoms with Crippen molar-refractivity contribution in [2.75, 3.05) is 7.11 Å². The molecule has 0 spiro atoms. The van der Waals surface area contributed by atoms with E-state index >= 15 is 0 Å². The van der Waals surface area contributed by atoms with Crippen LogP contribution in [0.4, 0.5) is 0 Å². The Morgan fingerprint density at radius 2 is 1.69 bits per heavy atom. The highest BCUT2D eigenvalue weighted by Gasteiger charge is 2.46. The molecule has 3 heteroatoms. The van der Waals surface area contributed by atoms with Gasteiger partial charge in [-0.2, -0.15) is 0 Å². The Hall–Kier alpha value is -1.22. The summed E-state index contributed by atoms with van der Waals surface area (Å²) in [5.41, 5.74) is 3.21. The van der Waals surface area contributed by atoms with E-state index < -0.39 is 9.76 Å². The smallest absolute Gasteiger partial charge is 0.220 e. The summed E-state index contributed by atoms with van der Waals surface area (Å²) >= 11 is 0. The second-order valence-corrected chi connectivity index (χ2v) is 11.2. The van der Waals surface area contributed by atoms with Crippen molar-refractivity contribution in [2.45, 2.75) is 58.9 Å². The van der Waals surface area contributed by atoms with Gasteiger partial charge in [-0.3, -0.25) is 0 Å². The fraction of sp³-hybridized carbons (Fsp3) is 0.652. The second-order valence-electron chi connectivity index (χ2n) is 9.98. The average Bonchev–Trinajstić information content (AvgIpc) is 2.56. The van der Waals surface area contributed by atoms with E-state index in [-0.39, 0.29) is 0 Å². The summed E-state index contributed by atoms with van der Waals surface area (Å²) in [6.07, 6.45) is 7.06. The largest absolute Gasteiger partial charge is 0.549 e. The third kappa shape index (κ3) is 3.74. The summed E-state index contributed by atoms with van der Waals surface area (Å²) in [7, 11) is 1.32. The number of hydrogen-bond acceptors (Lipinski definition) is 2. The van der Waals surface area contributed by atoms with Crippen molar-refractivity contribution in [2.24, 2.45) is 29.1 Å². The number of ether oxygens (including phenoxy) is 1. The van der Waals surface area contributed by atoms with Crippen LogP contribution in [0.25, 0.3) is 5.76 Å². The standard InChI is InChI=1S/C23H34O2Si/c1-23(2,3)14-26-25-20-7-5-6-17(13-20)22(24-4)21-18-9-15-8-16(11-18)12-19(21)10-15/h5-7,13,15-16,18-19H,8-12,14,26H2,1-4H3. The van der Waals surface area contributed by atoms with Crippen molar-refractivity contribution in [3.8, 4) is 5.75 Å². The maximum Gasteiger partial charge on any atom is 0.220 e. The van der Waals surface area contributed by atoms with Crippen molar-refractivity contribution >= 4 is 15.5 Å². The van der Waals surface area contributed by atoms with Crippen LogP contribution in [0.5, 0.6) is 5.75 Å². The van der Waals surface area contributed by atoms with Gasteiger partial charge in [0.2, 0.25) is 9.76 Å². The van der Waals surface area contributed by atoms with Crippen molar-refractivity contribution in [1.82, 2.24) is 0 Å². The van der Waals surface area contributed by atoms with E-state index in [1.807, 2.05) is 7.11 Å². The topological polar surface area (TPSA) is 18.5 Å². The van der Waals surface area contributed by atoms with Gasteiger partial charge in [0.05, 0.1) is 7.11 Å². The number of hydrogen-bond donors (Lipinski definition) is 0. The lowest BCUT2D eigenvalue weighted by Crippen LogP contribution is -2.40. The van der Waals surface area contributed by atoms with E-state index in [0.29, 0.717) is 5.41 Å². The van der Waals surface area contributed by atoms with Crippen molar-refractivity contribution < 1.29 is 9.16 Å². The molecule has 0 N–H and O–H groups in total. The molecule has 4 aliphatic rings. The Kier molecular flexibility index (Phi) is 4.94. The third-order valence-electron chi connectivity index (χ3n) is 6.70. The number of benzene rings is 1. The molecule has 4 bridgehead atoms. The van der Waals surface area contributed by atoms with E-state index in [1.54, 1.807) is 5.57 Å². The van der Waals surface area contributed by atoms with Crippen molar-refractivity contribution in [1.29, 1.82) is 0 Å². The molecule has 26 heavy (non-hydrogen) atoms. The van der Waals surface area contributed by atoms with Crippen LogP contribution in [-0.4, -0.2) is 16.9 Å². The molecule has 1 aromatic carbocycles. The summed E-state index contributed by atoms with van der Waals surface area (Å²) in [5.74, 6) is 5.68. The molecule has 0 amide bonds. The van der Waals surface area contributed by atoms with Gasteiger partial charge >= 0.3 is 0 Å². The molecule has 4 saturated carbocycles. The highest BCUT2D eigenvalue weighted by Crippen LogP contribution is 2.57. The summed E-state index contributed by atoms with van der Waals surface area (Å²) in [6.45, 7) is 6.87. The van der Waals surface area contributed by atoms with E-state index in [4.69, 9.17) is 9.16 Å². The van der Waals surface area contributed by atoms with Gasteiger partial charge in [0, 0.05) is 5.56 Å². The number of allylic oxidation sites excluding steroid dienone is 1. The van der Waals surface area contributed by atoms with Crippen molar-refractivity contribution in [3.63, 3.8) is 0 Å². The minimum absolute atomic E-state index is 0.365. The molecule has 4 fully saturated rings. The molecular weight excluding hydrogens is 336 g/mol. The fourth-order valence-electron chi connectivity index (χ4n) is 5.67. The van der Waals surface area contributed by atoms with E-state index in [2.05, 4.69) is 45.0 Å². The molecule has 0 saturated heterocycles. The first-order valence-corrected chi connectivity index (χ1v) is 12.0. The molecule has 2 nitrogen and oxygen atoms in total. The SMILES string of the molecule is COC(=C1C2CC3CC(C2)CC1C3)c1cccc(O[SiH2]CC(C)(C)C)c1. The molecule has 1 aromatic rings. The van der Waals surface area contributed by atoms with Gasteiger partial charge in [-0.05, 0) is 84.9 Å². The van der Waals surface area contributed by atoms with Crippen LogP contribution in [0.1, 0.15) is 58.4 Å². The highest BCUT2D eigenvalue weighted by atomic mass is 28.2. The van der Waals surface area contributed by atoms with Gasteiger partial charge in [-0.15, -0.1) is 0 Å². The summed E-state index contributed by atoms with van der Waals surface area (Å²) in [5, 5.41) is 0. The first-order valence-electron chi connectivity index (χ1n) is 10.4. The maximum absolute atomic E-state index is 6.18. The lowest BCUT2D eigenvalue weighted by atomic mass is 9.54. The first kappa shape index (κ1) is 18.2. The molecule has 0 aliphatic heterocycles. The molecule has 0 aromatic heterocycles. The minimum atomic E-state index is -0.533. The second kappa shape index (κ2) is 7.07. The van der Waals surface area contributed by atoms with Crippen LogP contribution < -0.4 is 4.43 Å². The summed E-state index contributed by atoms with van der Waals surface area (Å²) in [6, 6.07) is 9.85. The average molecular weight is 371 g/mol. The zero-order chi connectivity index (χ0) is 18.3. The molecule has 0 heterocycles. The van der Waals surface area contributed by atoms with E-state index in [0.717, 1.165) is 35.2 Å². The lowest BCUT2D eigenvalue weighted by Gasteiger charge is -2.51. The molecule has 0 radical (unpaired) electrons. The maximum atomic E-state index is 6.18. The third-order valence-corrected chi connectivity index (χ3v) is 8.94. The number of methoxy groups -OCH3 is 1. The van der Waals surface area contributed by atoms with Crippen LogP contribution in [0.2, 0.25) is 6.04 Å². The number of rotatable bonds is 5. The predicted octanol–water partition coefficient (Wildman–Crippen LogP) is 5.43. The van der Waals surface area contributed by atoms with Gasteiger partial charge in [0.1, 0.15) is 11.5 Å². The summed E-state index contributed by atoms with van der Waals surface area (Å²) < 4.78 is 12.2. The Labute approximate surface area is 161 Å². The van der Waals surface area contributed by atoms with Crippen LogP contribution in [-0.2, 0) is 4.74 Å². The van der Waals surface area contributed by atoms with Crippen LogP contribution >= 0.6 is 0 Å².